The molecule has 18 heavy (non-hydrogen) atoms. The Kier molecular flexibility index (Phi) is 4.21. The van der Waals surface area contributed by atoms with E-state index in [2.05, 4.69) is 25.6 Å². The maximum Gasteiger partial charge on any atom is 0.273 e. The topological polar surface area (TPSA) is 99.9 Å². The van der Waals surface area contributed by atoms with Crippen LogP contribution >= 0.6 is 12.2 Å². The van der Waals surface area contributed by atoms with Crippen LogP contribution in [-0.2, 0) is 0 Å². The Bertz CT molecular complexity index is 412. The number of aromatic amines is 1. The van der Waals surface area contributed by atoms with Gasteiger partial charge >= 0.3 is 0 Å². The maximum atomic E-state index is 11.7. The summed E-state index contributed by atoms with van der Waals surface area (Å²) in [6.07, 6.45) is 3.20. The number of nitrogens with one attached hydrogen (secondary N) is 2. The standard InChI is InChI=1S/C10H16N6OS/c11-9(18)6-16-3-1-7(2-4-16)13-10(17)8-5-12-15-14-8/h5,7H,1-4,6H2,(H2,11,18)(H,13,17)(H,12,14,15). The van der Waals surface area contributed by atoms with Crippen LogP contribution in [0.15, 0.2) is 6.20 Å². The van der Waals surface area contributed by atoms with Gasteiger partial charge in [0.1, 0.15) is 0 Å². The SMILES string of the molecule is NC(=S)CN1CCC(NC(=O)c2cn[nH]n2)CC1. The third kappa shape index (κ3) is 3.47. The van der Waals surface area contributed by atoms with Crippen molar-refractivity contribution in [2.45, 2.75) is 18.9 Å². The molecular weight excluding hydrogens is 252 g/mol. The molecule has 1 aliphatic rings. The van der Waals surface area contributed by atoms with Gasteiger partial charge < -0.3 is 11.1 Å². The Labute approximate surface area is 110 Å². The van der Waals surface area contributed by atoms with E-state index in [0.29, 0.717) is 17.2 Å². The molecule has 98 valence electrons. The van der Waals surface area contributed by atoms with Gasteiger partial charge in [0, 0.05) is 25.7 Å². The Morgan fingerprint density at radius 3 is 2.89 bits per heavy atom. The van der Waals surface area contributed by atoms with E-state index in [0.717, 1.165) is 25.9 Å². The summed E-state index contributed by atoms with van der Waals surface area (Å²) in [6, 6.07) is 0.178. The van der Waals surface area contributed by atoms with Gasteiger partial charge in [-0.3, -0.25) is 9.69 Å². The number of piperidine rings is 1. The van der Waals surface area contributed by atoms with Gasteiger partial charge in [-0.1, -0.05) is 12.2 Å². The highest BCUT2D eigenvalue weighted by Gasteiger charge is 2.21. The first kappa shape index (κ1) is 12.9. The Morgan fingerprint density at radius 1 is 1.61 bits per heavy atom. The monoisotopic (exact) mass is 268 g/mol. The predicted molar refractivity (Wildman–Crippen MR) is 70.1 cm³/mol. The maximum absolute atomic E-state index is 11.7. The molecule has 0 unspecified atom stereocenters. The molecule has 8 heteroatoms. The number of carbonyl (C=O) groups excluding carboxylic acids is 1. The van der Waals surface area contributed by atoms with Crippen molar-refractivity contribution in [3.63, 3.8) is 0 Å². The third-order valence-corrected chi connectivity index (χ3v) is 3.08. The van der Waals surface area contributed by atoms with E-state index in [1.165, 1.54) is 6.20 Å². The van der Waals surface area contributed by atoms with Gasteiger partial charge in [0.25, 0.3) is 5.91 Å². The number of thiocarbonyl (C=S) groups is 1. The molecule has 1 aliphatic heterocycles. The quantitative estimate of drug-likeness (QED) is 0.624. The third-order valence-electron chi connectivity index (χ3n) is 2.95. The van der Waals surface area contributed by atoms with Crippen molar-refractivity contribution >= 4 is 23.1 Å². The summed E-state index contributed by atoms with van der Waals surface area (Å²) in [7, 11) is 0. The van der Waals surface area contributed by atoms with Crippen molar-refractivity contribution in [1.82, 2.24) is 25.6 Å². The minimum atomic E-state index is -0.184. The van der Waals surface area contributed by atoms with Crippen molar-refractivity contribution in [3.05, 3.63) is 11.9 Å². The van der Waals surface area contributed by atoms with E-state index in [-0.39, 0.29) is 11.9 Å². The number of nitrogens with two attached hydrogens (primary N) is 1. The molecule has 0 spiro atoms. The molecule has 1 fully saturated rings. The summed E-state index contributed by atoms with van der Waals surface area (Å²) < 4.78 is 0. The predicted octanol–water partition coefficient (Wildman–Crippen LogP) is -0.715. The van der Waals surface area contributed by atoms with Gasteiger partial charge in [-0.15, -0.1) is 0 Å². The zero-order valence-corrected chi connectivity index (χ0v) is 10.7. The number of rotatable bonds is 4. The molecular formula is C10H16N6OS. The van der Waals surface area contributed by atoms with Gasteiger partial charge in [0.15, 0.2) is 5.69 Å². The molecule has 4 N–H and O–H groups in total. The summed E-state index contributed by atoms with van der Waals surface area (Å²) >= 11 is 4.88. The van der Waals surface area contributed by atoms with Crippen LogP contribution in [0.4, 0.5) is 0 Å². The van der Waals surface area contributed by atoms with Crippen LogP contribution in [0.1, 0.15) is 23.3 Å². The molecule has 0 aromatic carbocycles. The first-order valence-electron chi connectivity index (χ1n) is 5.82. The number of aromatic nitrogens is 3. The molecule has 1 saturated heterocycles. The van der Waals surface area contributed by atoms with Gasteiger partial charge in [0.05, 0.1) is 11.2 Å². The fourth-order valence-corrected chi connectivity index (χ4v) is 2.21. The van der Waals surface area contributed by atoms with Gasteiger partial charge in [-0.25, -0.2) is 0 Å². The lowest BCUT2D eigenvalue weighted by Crippen LogP contribution is -2.46. The van der Waals surface area contributed by atoms with Gasteiger partial charge in [-0.2, -0.15) is 15.4 Å². The van der Waals surface area contributed by atoms with Crippen molar-refractivity contribution in [2.75, 3.05) is 19.6 Å². The Balaban J connectivity index is 1.77. The summed E-state index contributed by atoms with van der Waals surface area (Å²) in [5.74, 6) is -0.184. The molecule has 7 nitrogen and oxygen atoms in total. The molecule has 2 rings (SSSR count). The van der Waals surface area contributed by atoms with E-state index in [4.69, 9.17) is 18.0 Å². The van der Waals surface area contributed by atoms with Gasteiger partial charge in [0.2, 0.25) is 0 Å². The minimum Gasteiger partial charge on any atom is -0.392 e. The lowest BCUT2D eigenvalue weighted by Gasteiger charge is -2.31. The lowest BCUT2D eigenvalue weighted by molar-refractivity contribution is 0.0910. The minimum absolute atomic E-state index is 0.178. The second kappa shape index (κ2) is 5.87. The molecule has 1 aromatic rings. The van der Waals surface area contributed by atoms with Crippen molar-refractivity contribution < 1.29 is 4.79 Å². The van der Waals surface area contributed by atoms with Crippen LogP contribution in [0, 0.1) is 0 Å². The number of hydrogen-bond acceptors (Lipinski definition) is 5. The number of nitrogens with zero attached hydrogens (tertiary/aromatic N) is 3. The van der Waals surface area contributed by atoms with E-state index in [1.54, 1.807) is 0 Å². The van der Waals surface area contributed by atoms with Crippen LogP contribution < -0.4 is 11.1 Å². The molecule has 1 aromatic heterocycles. The molecule has 0 bridgehead atoms. The normalized spacial score (nSPS) is 17.6. The summed E-state index contributed by atoms with van der Waals surface area (Å²) in [5, 5.41) is 12.7. The molecule has 0 radical (unpaired) electrons. The zero-order valence-electron chi connectivity index (χ0n) is 9.93. The van der Waals surface area contributed by atoms with Crippen molar-refractivity contribution in [3.8, 4) is 0 Å². The van der Waals surface area contributed by atoms with Crippen LogP contribution in [-0.4, -0.2) is 56.9 Å². The smallest absolute Gasteiger partial charge is 0.273 e. The second-order valence-corrected chi connectivity index (χ2v) is 4.87. The van der Waals surface area contributed by atoms with Crippen LogP contribution in [0.3, 0.4) is 0 Å². The highest BCUT2D eigenvalue weighted by Crippen LogP contribution is 2.10. The molecule has 1 amide bonds. The van der Waals surface area contributed by atoms with Crippen LogP contribution in [0.25, 0.3) is 0 Å². The molecule has 0 aliphatic carbocycles. The number of H-pyrrole nitrogens is 1. The first-order chi connectivity index (χ1) is 8.65. The van der Waals surface area contributed by atoms with E-state index >= 15 is 0 Å². The fraction of sp³-hybridized carbons (Fsp3) is 0.600. The average molecular weight is 268 g/mol. The van der Waals surface area contributed by atoms with Gasteiger partial charge in [-0.05, 0) is 12.8 Å². The summed E-state index contributed by atoms with van der Waals surface area (Å²) in [5.41, 5.74) is 5.82. The second-order valence-electron chi connectivity index (χ2n) is 4.35. The van der Waals surface area contributed by atoms with Crippen LogP contribution in [0.2, 0.25) is 0 Å². The molecule has 0 saturated carbocycles. The Hall–Kier alpha value is -1.54. The zero-order chi connectivity index (χ0) is 13.0. The number of likely N-dealkylation sites (tertiary alicyclic amines) is 1. The summed E-state index contributed by atoms with van der Waals surface area (Å²) in [4.78, 5) is 14.5. The highest BCUT2D eigenvalue weighted by atomic mass is 32.1. The molecule has 0 atom stereocenters. The van der Waals surface area contributed by atoms with E-state index in [9.17, 15) is 4.79 Å². The largest absolute Gasteiger partial charge is 0.392 e. The Morgan fingerprint density at radius 2 is 2.33 bits per heavy atom. The van der Waals surface area contributed by atoms with Crippen molar-refractivity contribution in [2.24, 2.45) is 5.73 Å². The van der Waals surface area contributed by atoms with E-state index < -0.39 is 0 Å². The lowest BCUT2D eigenvalue weighted by atomic mass is 10.0. The number of amides is 1. The number of hydrogen-bond donors (Lipinski definition) is 3. The van der Waals surface area contributed by atoms with E-state index in [1.807, 2.05) is 0 Å². The number of carbonyl (C=O) groups is 1. The summed E-state index contributed by atoms with van der Waals surface area (Å²) in [6.45, 7) is 2.43. The fourth-order valence-electron chi connectivity index (χ4n) is 2.03. The van der Waals surface area contributed by atoms with Crippen LogP contribution in [0.5, 0.6) is 0 Å². The highest BCUT2D eigenvalue weighted by molar-refractivity contribution is 7.80. The average Bonchev–Trinajstić information content (AvgIpc) is 2.84. The molecule has 2 heterocycles. The first-order valence-corrected chi connectivity index (χ1v) is 6.23. The van der Waals surface area contributed by atoms with Crippen molar-refractivity contribution in [1.29, 1.82) is 0 Å².